The molecule has 2 heterocycles. The highest BCUT2D eigenvalue weighted by Gasteiger charge is 2.30. The fourth-order valence-corrected chi connectivity index (χ4v) is 3.86. The molecule has 21 heavy (non-hydrogen) atoms. The summed E-state index contributed by atoms with van der Waals surface area (Å²) < 4.78 is 29.5. The Morgan fingerprint density at radius 1 is 1.33 bits per heavy atom. The summed E-state index contributed by atoms with van der Waals surface area (Å²) in [7, 11) is -3.16. The molecule has 1 aromatic heterocycles. The molecule has 0 saturated carbocycles. The Hall–Kier alpha value is -1.41. The summed E-state index contributed by atoms with van der Waals surface area (Å²) in [6.45, 7) is 0.789. The molecule has 1 aromatic rings. The maximum absolute atomic E-state index is 12.3. The molecule has 1 aliphatic carbocycles. The van der Waals surface area contributed by atoms with Crippen molar-refractivity contribution in [3.8, 4) is 0 Å². The minimum Gasteiger partial charge on any atom is -0.338 e. The number of fused-ring (bicyclic) bond motifs is 1. The van der Waals surface area contributed by atoms with Crippen molar-refractivity contribution in [1.29, 1.82) is 0 Å². The van der Waals surface area contributed by atoms with Gasteiger partial charge in [0.05, 0.1) is 11.9 Å². The van der Waals surface area contributed by atoms with Crippen LogP contribution in [0.4, 0.5) is 5.88 Å². The lowest BCUT2D eigenvalue weighted by atomic mass is 9.97. The molecule has 2 aliphatic rings. The van der Waals surface area contributed by atoms with Gasteiger partial charge in [-0.05, 0) is 32.1 Å². The zero-order valence-corrected chi connectivity index (χ0v) is 12.8. The van der Waals surface area contributed by atoms with Crippen LogP contribution in [0.3, 0.4) is 0 Å². The molecule has 8 heteroatoms. The van der Waals surface area contributed by atoms with Gasteiger partial charge >= 0.3 is 0 Å². The molecular weight excluding hydrogens is 294 g/mol. The Labute approximate surface area is 123 Å². The summed E-state index contributed by atoms with van der Waals surface area (Å²) in [5, 5.41) is 6.77. The molecule has 1 aliphatic heterocycles. The van der Waals surface area contributed by atoms with Gasteiger partial charge in [0.25, 0.3) is 0 Å². The van der Waals surface area contributed by atoms with Crippen molar-refractivity contribution in [2.75, 3.05) is 24.7 Å². The molecular formula is C13H19N3O4S. The van der Waals surface area contributed by atoms with E-state index in [2.05, 4.69) is 10.5 Å². The van der Waals surface area contributed by atoms with E-state index >= 15 is 0 Å². The van der Waals surface area contributed by atoms with Gasteiger partial charge in [0.2, 0.25) is 21.8 Å². The highest BCUT2D eigenvalue weighted by molar-refractivity contribution is 7.88. The number of hydrogen-bond donors (Lipinski definition) is 1. The summed E-state index contributed by atoms with van der Waals surface area (Å²) in [6.07, 6.45) is 5.11. The molecule has 0 aromatic carbocycles. The van der Waals surface area contributed by atoms with Crippen molar-refractivity contribution in [3.63, 3.8) is 0 Å². The Kier molecular flexibility index (Phi) is 3.75. The van der Waals surface area contributed by atoms with Crippen LogP contribution in [-0.2, 0) is 27.7 Å². The van der Waals surface area contributed by atoms with Crippen molar-refractivity contribution >= 4 is 21.8 Å². The van der Waals surface area contributed by atoms with E-state index in [1.54, 1.807) is 0 Å². The second kappa shape index (κ2) is 5.42. The van der Waals surface area contributed by atoms with Gasteiger partial charge in [0.15, 0.2) is 0 Å². The minimum atomic E-state index is -3.16. The van der Waals surface area contributed by atoms with Crippen LogP contribution in [0, 0.1) is 5.92 Å². The molecule has 7 nitrogen and oxygen atoms in total. The molecule has 0 unspecified atom stereocenters. The third-order valence-corrected chi connectivity index (χ3v) is 5.54. The lowest BCUT2D eigenvalue weighted by molar-refractivity contribution is -0.121. The van der Waals surface area contributed by atoms with Crippen LogP contribution in [0.5, 0.6) is 0 Å². The molecule has 0 radical (unpaired) electrons. The first-order valence-electron chi connectivity index (χ1n) is 7.18. The standard InChI is InChI=1S/C13H19N3O4S/c1-21(18,19)16-7-5-9(6-8-16)12(17)14-13-10-3-2-4-11(10)15-20-13/h9H,2-8H2,1H3,(H,14,17). The Morgan fingerprint density at radius 2 is 2.05 bits per heavy atom. The molecule has 0 bridgehead atoms. The highest BCUT2D eigenvalue weighted by atomic mass is 32.2. The third-order valence-electron chi connectivity index (χ3n) is 4.24. The van der Waals surface area contributed by atoms with E-state index in [-0.39, 0.29) is 11.8 Å². The predicted molar refractivity (Wildman–Crippen MR) is 76.3 cm³/mol. The second-order valence-electron chi connectivity index (χ2n) is 5.72. The molecule has 116 valence electrons. The lowest BCUT2D eigenvalue weighted by Gasteiger charge is -2.29. The number of aryl methyl sites for hydroxylation is 1. The zero-order chi connectivity index (χ0) is 15.0. The van der Waals surface area contributed by atoms with Crippen molar-refractivity contribution in [3.05, 3.63) is 11.3 Å². The van der Waals surface area contributed by atoms with Gasteiger partial charge in [-0.25, -0.2) is 12.7 Å². The van der Waals surface area contributed by atoms with Gasteiger partial charge in [-0.1, -0.05) is 5.16 Å². The predicted octanol–water partition coefficient (Wildman–Crippen LogP) is 0.773. The molecule has 1 fully saturated rings. The zero-order valence-electron chi connectivity index (χ0n) is 12.0. The molecule has 1 saturated heterocycles. The van der Waals surface area contributed by atoms with Crippen molar-refractivity contribution in [2.24, 2.45) is 5.92 Å². The van der Waals surface area contributed by atoms with E-state index < -0.39 is 10.0 Å². The largest absolute Gasteiger partial charge is 0.338 e. The maximum Gasteiger partial charge on any atom is 0.234 e. The number of hydrogen-bond acceptors (Lipinski definition) is 5. The van der Waals surface area contributed by atoms with E-state index in [1.807, 2.05) is 0 Å². The SMILES string of the molecule is CS(=O)(=O)N1CCC(C(=O)Nc2onc3c2CCC3)CC1. The summed E-state index contributed by atoms with van der Waals surface area (Å²) in [5.41, 5.74) is 1.95. The minimum absolute atomic E-state index is 0.103. The summed E-state index contributed by atoms with van der Waals surface area (Å²) in [5.74, 6) is 0.192. The Balaban J connectivity index is 1.60. The van der Waals surface area contributed by atoms with Crippen LogP contribution >= 0.6 is 0 Å². The topological polar surface area (TPSA) is 92.5 Å². The molecule has 1 N–H and O–H groups in total. The fraction of sp³-hybridized carbons (Fsp3) is 0.692. The van der Waals surface area contributed by atoms with E-state index in [4.69, 9.17) is 4.52 Å². The van der Waals surface area contributed by atoms with E-state index in [1.165, 1.54) is 10.6 Å². The smallest absolute Gasteiger partial charge is 0.234 e. The number of anilines is 1. The normalized spacial score (nSPS) is 20.4. The average molecular weight is 313 g/mol. The number of carbonyl (C=O) groups excluding carboxylic acids is 1. The van der Waals surface area contributed by atoms with Crippen LogP contribution in [0.15, 0.2) is 4.52 Å². The van der Waals surface area contributed by atoms with E-state index in [0.29, 0.717) is 31.8 Å². The van der Waals surface area contributed by atoms with Gasteiger partial charge < -0.3 is 4.52 Å². The van der Waals surface area contributed by atoms with Crippen LogP contribution in [-0.4, -0.2) is 43.1 Å². The monoisotopic (exact) mass is 313 g/mol. The van der Waals surface area contributed by atoms with Crippen LogP contribution in [0.25, 0.3) is 0 Å². The highest BCUT2D eigenvalue weighted by Crippen LogP contribution is 2.29. The van der Waals surface area contributed by atoms with Crippen molar-refractivity contribution < 1.29 is 17.7 Å². The summed E-state index contributed by atoms with van der Waals surface area (Å²) in [6, 6.07) is 0. The second-order valence-corrected chi connectivity index (χ2v) is 7.70. The van der Waals surface area contributed by atoms with Crippen LogP contribution in [0.2, 0.25) is 0 Å². The Morgan fingerprint density at radius 3 is 2.71 bits per heavy atom. The Bertz CT molecular complexity index is 644. The molecule has 3 rings (SSSR count). The molecule has 0 spiro atoms. The lowest BCUT2D eigenvalue weighted by Crippen LogP contribution is -2.40. The number of rotatable bonds is 3. The van der Waals surface area contributed by atoms with Gasteiger partial charge in [0, 0.05) is 24.6 Å². The molecule has 1 amide bonds. The summed E-state index contributed by atoms with van der Waals surface area (Å²) in [4.78, 5) is 12.3. The van der Waals surface area contributed by atoms with Gasteiger partial charge in [-0.3, -0.25) is 10.1 Å². The van der Waals surface area contributed by atoms with E-state index in [0.717, 1.165) is 30.5 Å². The van der Waals surface area contributed by atoms with Gasteiger partial charge in [-0.15, -0.1) is 0 Å². The fourth-order valence-electron chi connectivity index (χ4n) is 2.99. The van der Waals surface area contributed by atoms with Crippen LogP contribution < -0.4 is 5.32 Å². The average Bonchev–Trinajstić information content (AvgIpc) is 3.03. The van der Waals surface area contributed by atoms with Crippen molar-refractivity contribution in [1.82, 2.24) is 9.46 Å². The summed E-state index contributed by atoms with van der Waals surface area (Å²) >= 11 is 0. The van der Waals surface area contributed by atoms with Gasteiger partial charge in [-0.2, -0.15) is 0 Å². The number of nitrogens with one attached hydrogen (secondary N) is 1. The van der Waals surface area contributed by atoms with E-state index in [9.17, 15) is 13.2 Å². The number of sulfonamides is 1. The number of nitrogens with zero attached hydrogens (tertiary/aromatic N) is 2. The first kappa shape index (κ1) is 14.5. The first-order chi connectivity index (χ1) is 9.95. The molecule has 0 atom stereocenters. The number of aromatic nitrogens is 1. The van der Waals surface area contributed by atoms with Gasteiger partial charge in [0.1, 0.15) is 0 Å². The number of amides is 1. The quantitative estimate of drug-likeness (QED) is 0.890. The number of carbonyl (C=O) groups is 1. The van der Waals surface area contributed by atoms with Crippen LogP contribution in [0.1, 0.15) is 30.5 Å². The maximum atomic E-state index is 12.3. The van der Waals surface area contributed by atoms with Crippen molar-refractivity contribution in [2.45, 2.75) is 32.1 Å². The first-order valence-corrected chi connectivity index (χ1v) is 9.03. The third kappa shape index (κ3) is 2.96. The number of piperidine rings is 1.